The molecule has 2 rings (SSSR count). The third kappa shape index (κ3) is 9.65. The van der Waals surface area contributed by atoms with E-state index in [1.807, 2.05) is 0 Å². The van der Waals surface area contributed by atoms with Gasteiger partial charge in [0.1, 0.15) is 21.8 Å². The average molecular weight is 403 g/mol. The van der Waals surface area contributed by atoms with Crippen LogP contribution in [0.15, 0.2) is 36.7 Å². The van der Waals surface area contributed by atoms with Gasteiger partial charge in [-0.1, -0.05) is 23.2 Å². The second-order valence-corrected chi connectivity index (χ2v) is 5.18. The molecule has 0 saturated heterocycles. The number of pyridine rings is 2. The molecular weight excluding hydrogens is 387 g/mol. The van der Waals surface area contributed by atoms with Gasteiger partial charge in [-0.05, 0) is 31.2 Å². The third-order valence-electron chi connectivity index (χ3n) is 2.42. The molecule has 0 aliphatic heterocycles. The highest BCUT2D eigenvalue weighted by molar-refractivity contribution is 6.29. The van der Waals surface area contributed by atoms with Gasteiger partial charge in [-0.15, -0.1) is 0 Å². The van der Waals surface area contributed by atoms with E-state index in [1.165, 1.54) is 18.5 Å². The van der Waals surface area contributed by atoms with Crippen LogP contribution in [0.25, 0.3) is 0 Å². The normalized spacial score (nSPS) is 9.50. The van der Waals surface area contributed by atoms with Crippen molar-refractivity contribution in [2.45, 2.75) is 6.92 Å². The molecular formula is C16H16Cl2N2O6. The molecule has 10 heteroatoms. The molecule has 0 fully saturated rings. The van der Waals surface area contributed by atoms with E-state index >= 15 is 0 Å². The Morgan fingerprint density at radius 1 is 0.962 bits per heavy atom. The monoisotopic (exact) mass is 402 g/mol. The quantitative estimate of drug-likeness (QED) is 0.556. The van der Waals surface area contributed by atoms with E-state index in [4.69, 9.17) is 37.8 Å². The smallest absolute Gasteiger partial charge is 0.344 e. The summed E-state index contributed by atoms with van der Waals surface area (Å²) in [6.07, 6.45) is 2.81. The highest BCUT2D eigenvalue weighted by Gasteiger charge is 2.02. The molecule has 0 unspecified atom stereocenters. The minimum absolute atomic E-state index is 0.114. The zero-order valence-corrected chi connectivity index (χ0v) is 15.2. The maximum atomic E-state index is 10.9. The van der Waals surface area contributed by atoms with Crippen molar-refractivity contribution in [3.8, 4) is 11.5 Å². The van der Waals surface area contributed by atoms with Crippen molar-refractivity contribution in [2.75, 3.05) is 19.8 Å². The lowest BCUT2D eigenvalue weighted by Crippen LogP contribution is -2.14. The average Bonchev–Trinajstić information content (AvgIpc) is 2.61. The Balaban J connectivity index is 0.000000263. The summed E-state index contributed by atoms with van der Waals surface area (Å²) in [6.45, 7) is 1.60. The Hall–Kier alpha value is -2.58. The van der Waals surface area contributed by atoms with E-state index in [2.05, 4.69) is 14.7 Å². The van der Waals surface area contributed by atoms with Crippen LogP contribution >= 0.6 is 23.2 Å². The topological polar surface area (TPSA) is 108 Å². The second-order valence-electron chi connectivity index (χ2n) is 4.41. The van der Waals surface area contributed by atoms with Crippen molar-refractivity contribution in [3.05, 3.63) is 47.0 Å². The van der Waals surface area contributed by atoms with E-state index < -0.39 is 11.9 Å². The number of aromatic nitrogens is 2. The standard InChI is InChI=1S/C9H10ClNO3.C7H6ClNO3/c1-2-13-9(12)6-14-7-3-4-8(10)11-5-7;8-6-2-1-5(3-9-6)12-4-7(10)11/h3-5H,2,6H2,1H3;1-3H,4H2,(H,10,11). The van der Waals surface area contributed by atoms with Crippen LogP contribution in [0.2, 0.25) is 10.3 Å². The Labute approximate surface area is 159 Å². The highest BCUT2D eigenvalue weighted by atomic mass is 35.5. The number of carboxylic acid groups (broad SMARTS) is 1. The number of halogens is 2. The van der Waals surface area contributed by atoms with E-state index in [0.29, 0.717) is 28.4 Å². The summed E-state index contributed by atoms with van der Waals surface area (Å²) in [7, 11) is 0. The first-order chi connectivity index (χ1) is 12.4. The molecule has 8 nitrogen and oxygen atoms in total. The number of ether oxygens (including phenoxy) is 3. The van der Waals surface area contributed by atoms with Crippen molar-refractivity contribution in [2.24, 2.45) is 0 Å². The van der Waals surface area contributed by atoms with E-state index in [1.54, 1.807) is 25.1 Å². The number of aliphatic carboxylic acids is 1. The molecule has 2 aromatic rings. The van der Waals surface area contributed by atoms with Crippen LogP contribution in [0, 0.1) is 0 Å². The largest absolute Gasteiger partial charge is 0.480 e. The molecule has 1 N–H and O–H groups in total. The molecule has 0 bridgehead atoms. The fraction of sp³-hybridized carbons (Fsp3) is 0.250. The molecule has 0 aliphatic rings. The summed E-state index contributed by atoms with van der Waals surface area (Å²) in [6, 6.07) is 6.30. The summed E-state index contributed by atoms with van der Waals surface area (Å²) in [5.74, 6) is -0.545. The lowest BCUT2D eigenvalue weighted by Gasteiger charge is -2.04. The SMILES string of the molecule is CCOC(=O)COc1ccc(Cl)nc1.O=C(O)COc1ccc(Cl)nc1. The van der Waals surface area contributed by atoms with E-state index in [0.717, 1.165) is 0 Å². The van der Waals surface area contributed by atoms with Gasteiger partial charge in [0.05, 0.1) is 19.0 Å². The number of hydrogen-bond donors (Lipinski definition) is 1. The molecule has 2 aromatic heterocycles. The van der Waals surface area contributed by atoms with Crippen molar-refractivity contribution in [1.82, 2.24) is 9.97 Å². The fourth-order valence-corrected chi connectivity index (χ4v) is 1.61. The zero-order valence-electron chi connectivity index (χ0n) is 13.7. The maximum absolute atomic E-state index is 10.9. The number of carbonyl (C=O) groups is 2. The Bertz CT molecular complexity index is 695. The van der Waals surface area contributed by atoms with Crippen LogP contribution in [0.5, 0.6) is 11.5 Å². The first kappa shape index (κ1) is 21.5. The van der Waals surface area contributed by atoms with Gasteiger partial charge in [-0.3, -0.25) is 0 Å². The first-order valence-electron chi connectivity index (χ1n) is 7.26. The number of hydrogen-bond acceptors (Lipinski definition) is 7. The summed E-state index contributed by atoms with van der Waals surface area (Å²) < 4.78 is 14.6. The lowest BCUT2D eigenvalue weighted by atomic mass is 10.5. The predicted molar refractivity (Wildman–Crippen MR) is 93.8 cm³/mol. The fourth-order valence-electron chi connectivity index (χ4n) is 1.39. The molecule has 0 atom stereocenters. The number of nitrogens with zero attached hydrogens (tertiary/aromatic N) is 2. The Morgan fingerprint density at radius 2 is 1.46 bits per heavy atom. The number of carboxylic acids is 1. The third-order valence-corrected chi connectivity index (χ3v) is 2.87. The summed E-state index contributed by atoms with van der Waals surface area (Å²) in [5, 5.41) is 8.99. The zero-order chi connectivity index (χ0) is 19.4. The van der Waals surface area contributed by atoms with Gasteiger partial charge in [0, 0.05) is 0 Å². The van der Waals surface area contributed by atoms with Gasteiger partial charge in [0.25, 0.3) is 0 Å². The summed E-state index contributed by atoms with van der Waals surface area (Å²) in [4.78, 5) is 28.5. The minimum atomic E-state index is -1.02. The molecule has 140 valence electrons. The Kier molecular flexibility index (Phi) is 9.81. The van der Waals surface area contributed by atoms with Crippen LogP contribution in [0.3, 0.4) is 0 Å². The second kappa shape index (κ2) is 11.9. The summed E-state index contributed by atoms with van der Waals surface area (Å²) in [5.41, 5.74) is 0. The van der Waals surface area contributed by atoms with Gasteiger partial charge in [-0.25, -0.2) is 19.6 Å². The Morgan fingerprint density at radius 3 is 1.85 bits per heavy atom. The summed E-state index contributed by atoms with van der Waals surface area (Å²) >= 11 is 11.1. The van der Waals surface area contributed by atoms with Gasteiger partial charge >= 0.3 is 11.9 Å². The van der Waals surface area contributed by atoms with Crippen LogP contribution < -0.4 is 9.47 Å². The van der Waals surface area contributed by atoms with Crippen molar-refractivity contribution < 1.29 is 28.9 Å². The molecule has 0 saturated carbocycles. The molecule has 0 amide bonds. The van der Waals surface area contributed by atoms with Crippen LogP contribution in [0.4, 0.5) is 0 Å². The minimum Gasteiger partial charge on any atom is -0.480 e. The molecule has 0 spiro atoms. The first-order valence-corrected chi connectivity index (χ1v) is 8.02. The van der Waals surface area contributed by atoms with Crippen molar-refractivity contribution >= 4 is 35.1 Å². The van der Waals surface area contributed by atoms with Crippen molar-refractivity contribution in [1.29, 1.82) is 0 Å². The van der Waals surface area contributed by atoms with Crippen LogP contribution in [-0.4, -0.2) is 46.8 Å². The van der Waals surface area contributed by atoms with Gasteiger partial charge in [0.15, 0.2) is 13.2 Å². The number of rotatable bonds is 7. The maximum Gasteiger partial charge on any atom is 0.344 e. The number of esters is 1. The van der Waals surface area contributed by atoms with Gasteiger partial charge in [0.2, 0.25) is 0 Å². The molecule has 0 radical (unpaired) electrons. The van der Waals surface area contributed by atoms with Gasteiger partial charge < -0.3 is 19.3 Å². The van der Waals surface area contributed by atoms with Crippen LogP contribution in [0.1, 0.15) is 6.92 Å². The molecule has 2 heterocycles. The predicted octanol–water partition coefficient (Wildman–Crippen LogP) is 2.88. The van der Waals surface area contributed by atoms with E-state index in [-0.39, 0.29) is 13.2 Å². The molecule has 0 aromatic carbocycles. The van der Waals surface area contributed by atoms with Crippen molar-refractivity contribution in [3.63, 3.8) is 0 Å². The number of carbonyl (C=O) groups excluding carboxylic acids is 1. The molecule has 0 aliphatic carbocycles. The van der Waals surface area contributed by atoms with Crippen LogP contribution in [-0.2, 0) is 14.3 Å². The molecule has 26 heavy (non-hydrogen) atoms. The van der Waals surface area contributed by atoms with E-state index in [9.17, 15) is 9.59 Å². The highest BCUT2D eigenvalue weighted by Crippen LogP contribution is 2.12. The lowest BCUT2D eigenvalue weighted by molar-refractivity contribution is -0.145. The van der Waals surface area contributed by atoms with Gasteiger partial charge in [-0.2, -0.15) is 0 Å².